The first-order chi connectivity index (χ1) is 10.1. The molecule has 2 aromatic heterocycles. The first-order valence-corrected chi connectivity index (χ1v) is 7.07. The van der Waals surface area contributed by atoms with Crippen LogP contribution in [0, 0.1) is 0 Å². The van der Waals surface area contributed by atoms with E-state index in [1.807, 2.05) is 4.40 Å². The van der Waals surface area contributed by atoms with E-state index < -0.39 is 5.91 Å². The Morgan fingerprint density at radius 3 is 3.00 bits per heavy atom. The molecule has 0 saturated heterocycles. The molecule has 0 radical (unpaired) electrons. The number of fused-ring (bicyclic) bond motifs is 1. The van der Waals surface area contributed by atoms with Crippen LogP contribution in [0.25, 0.3) is 5.65 Å². The van der Waals surface area contributed by atoms with Crippen LogP contribution in [0.2, 0.25) is 5.02 Å². The van der Waals surface area contributed by atoms with E-state index in [-0.39, 0.29) is 6.54 Å². The fourth-order valence-electron chi connectivity index (χ4n) is 2.11. The van der Waals surface area contributed by atoms with Crippen LogP contribution in [-0.4, -0.2) is 27.0 Å². The third-order valence-corrected chi connectivity index (χ3v) is 3.33. The molecule has 0 aromatic carbocycles. The lowest BCUT2D eigenvalue weighted by molar-refractivity contribution is -0.127. The average molecular weight is 312 g/mol. The Morgan fingerprint density at radius 2 is 2.33 bits per heavy atom. The van der Waals surface area contributed by atoms with E-state index in [0.717, 1.165) is 25.0 Å². The van der Waals surface area contributed by atoms with Gasteiger partial charge >= 0.3 is 0 Å². The molecule has 21 heavy (non-hydrogen) atoms. The highest BCUT2D eigenvalue weighted by atomic mass is 35.5. The average Bonchev–Trinajstić information content (AvgIpc) is 2.80. The van der Waals surface area contributed by atoms with Gasteiger partial charge in [-0.2, -0.15) is 0 Å². The van der Waals surface area contributed by atoms with Crippen molar-refractivity contribution in [3.8, 4) is 0 Å². The van der Waals surface area contributed by atoms with Crippen molar-refractivity contribution < 1.29 is 10.0 Å². The number of rotatable bonds is 6. The summed E-state index contributed by atoms with van der Waals surface area (Å²) in [6.45, 7) is 2.02. The van der Waals surface area contributed by atoms with Gasteiger partial charge in [0.2, 0.25) is 0 Å². The molecule has 0 bridgehead atoms. The maximum Gasteiger partial charge on any atom is 0.262 e. The van der Waals surface area contributed by atoms with Gasteiger partial charge in [-0.1, -0.05) is 24.9 Å². The number of nitrogen functional groups attached to an aromatic ring is 1. The number of imidazole rings is 1. The van der Waals surface area contributed by atoms with Gasteiger partial charge in [0.15, 0.2) is 5.65 Å². The number of carbonyl (C=O) groups excluding carboxylic acids is 1. The summed E-state index contributed by atoms with van der Waals surface area (Å²) in [5.41, 5.74) is 9.48. The van der Waals surface area contributed by atoms with Crippen LogP contribution in [0.1, 0.15) is 25.5 Å². The molecule has 0 aliphatic rings. The summed E-state index contributed by atoms with van der Waals surface area (Å²) < 4.78 is 1.84. The van der Waals surface area contributed by atoms with Gasteiger partial charge in [-0.3, -0.25) is 14.4 Å². The van der Waals surface area contributed by atoms with E-state index in [1.165, 1.54) is 0 Å². The monoisotopic (exact) mass is 311 g/mol. The topological polar surface area (TPSA) is 105 Å². The zero-order valence-electron chi connectivity index (χ0n) is 11.7. The largest absolute Gasteiger partial charge is 0.396 e. The van der Waals surface area contributed by atoms with E-state index >= 15 is 0 Å². The fraction of sp³-hybridized carbons (Fsp3) is 0.385. The minimum atomic E-state index is -0.542. The number of carbonyl (C=O) groups is 1. The normalized spacial score (nSPS) is 10.8. The number of unbranched alkanes of at least 4 members (excludes halogenated alkanes) is 1. The summed E-state index contributed by atoms with van der Waals surface area (Å²) in [4.78, 5) is 15.6. The highest BCUT2D eigenvalue weighted by Gasteiger charge is 2.15. The van der Waals surface area contributed by atoms with Crippen molar-refractivity contribution in [1.82, 2.24) is 14.9 Å². The lowest BCUT2D eigenvalue weighted by Gasteiger charge is -2.06. The van der Waals surface area contributed by atoms with Crippen molar-refractivity contribution in [3.63, 3.8) is 0 Å². The highest BCUT2D eigenvalue weighted by Crippen LogP contribution is 2.26. The van der Waals surface area contributed by atoms with Crippen molar-refractivity contribution in [1.29, 1.82) is 0 Å². The molecular formula is C13H18ClN5O2. The highest BCUT2D eigenvalue weighted by molar-refractivity contribution is 6.30. The van der Waals surface area contributed by atoms with Crippen LogP contribution in [0.4, 0.5) is 11.5 Å². The molecule has 0 saturated carbocycles. The standard InChI is InChI=1S/C13H18ClN5O2/c1-2-3-4-10-12(16-6-11(20)18-21)17-13-9(15)5-8(14)7-19(10)13/h5,7,16,21H,2-4,6,15H2,1H3,(H,18,20). The Bertz CT molecular complexity index is 656. The van der Waals surface area contributed by atoms with Gasteiger partial charge in [0.25, 0.3) is 5.91 Å². The second-order valence-corrected chi connectivity index (χ2v) is 5.14. The zero-order chi connectivity index (χ0) is 15.4. The van der Waals surface area contributed by atoms with Crippen molar-refractivity contribution in [2.75, 3.05) is 17.6 Å². The molecule has 0 aliphatic heterocycles. The molecule has 5 N–H and O–H groups in total. The van der Waals surface area contributed by atoms with Gasteiger partial charge in [-0.15, -0.1) is 0 Å². The number of pyridine rings is 1. The predicted octanol–water partition coefficient (Wildman–Crippen LogP) is 1.83. The van der Waals surface area contributed by atoms with E-state index in [1.54, 1.807) is 17.7 Å². The molecule has 0 spiro atoms. The minimum absolute atomic E-state index is 0.0762. The molecule has 2 aromatic rings. The maximum atomic E-state index is 11.1. The summed E-state index contributed by atoms with van der Waals surface area (Å²) in [7, 11) is 0. The molecule has 0 fully saturated rings. The quantitative estimate of drug-likeness (QED) is 0.481. The molecule has 0 aliphatic carbocycles. The van der Waals surface area contributed by atoms with Crippen molar-refractivity contribution >= 4 is 34.7 Å². The Morgan fingerprint density at radius 1 is 1.57 bits per heavy atom. The number of amides is 1. The number of aryl methyl sites for hydroxylation is 1. The van der Waals surface area contributed by atoms with Crippen LogP contribution in [0.15, 0.2) is 12.3 Å². The second-order valence-electron chi connectivity index (χ2n) is 4.71. The molecular weight excluding hydrogens is 294 g/mol. The number of hydrogen-bond donors (Lipinski definition) is 4. The summed E-state index contributed by atoms with van der Waals surface area (Å²) >= 11 is 6.04. The predicted molar refractivity (Wildman–Crippen MR) is 81.6 cm³/mol. The van der Waals surface area contributed by atoms with Gasteiger partial charge in [-0.05, 0) is 18.9 Å². The number of anilines is 2. The Hall–Kier alpha value is -1.99. The van der Waals surface area contributed by atoms with Gasteiger partial charge in [0.1, 0.15) is 5.82 Å². The van der Waals surface area contributed by atoms with E-state index in [2.05, 4.69) is 17.2 Å². The smallest absolute Gasteiger partial charge is 0.262 e. The zero-order valence-corrected chi connectivity index (χ0v) is 12.4. The lowest BCUT2D eigenvalue weighted by Crippen LogP contribution is -2.27. The van der Waals surface area contributed by atoms with Gasteiger partial charge in [0, 0.05) is 6.20 Å². The first kappa shape index (κ1) is 15.4. The van der Waals surface area contributed by atoms with E-state index in [4.69, 9.17) is 22.5 Å². The SMILES string of the molecule is CCCCc1c(NCC(=O)NO)nc2c(N)cc(Cl)cn12. The van der Waals surface area contributed by atoms with Crippen LogP contribution in [-0.2, 0) is 11.2 Å². The Kier molecular flexibility index (Phi) is 4.87. The summed E-state index contributed by atoms with van der Waals surface area (Å²) in [6, 6.07) is 1.64. The van der Waals surface area contributed by atoms with E-state index in [9.17, 15) is 4.79 Å². The molecule has 1 amide bonds. The summed E-state index contributed by atoms with van der Waals surface area (Å²) in [5.74, 6) is 0.0283. The number of nitrogens with one attached hydrogen (secondary N) is 2. The molecule has 7 nitrogen and oxygen atoms in total. The Labute approximate surface area is 127 Å². The number of nitrogens with two attached hydrogens (primary N) is 1. The minimum Gasteiger partial charge on any atom is -0.396 e. The molecule has 8 heteroatoms. The number of hydrogen-bond acceptors (Lipinski definition) is 5. The first-order valence-electron chi connectivity index (χ1n) is 6.69. The summed E-state index contributed by atoms with van der Waals surface area (Å²) in [6.07, 6.45) is 4.53. The fourth-order valence-corrected chi connectivity index (χ4v) is 2.33. The number of hydroxylamine groups is 1. The van der Waals surface area contributed by atoms with Crippen molar-refractivity contribution in [3.05, 3.63) is 23.0 Å². The maximum absolute atomic E-state index is 11.1. The molecule has 114 valence electrons. The van der Waals surface area contributed by atoms with Crippen LogP contribution in [0.3, 0.4) is 0 Å². The van der Waals surface area contributed by atoms with Crippen molar-refractivity contribution in [2.24, 2.45) is 0 Å². The number of halogens is 1. The molecule has 0 atom stereocenters. The molecule has 0 unspecified atom stereocenters. The number of aromatic nitrogens is 2. The molecule has 2 rings (SSSR count). The van der Waals surface area contributed by atoms with Gasteiger partial charge in [-0.25, -0.2) is 10.5 Å². The number of nitrogens with zero attached hydrogens (tertiary/aromatic N) is 2. The van der Waals surface area contributed by atoms with Gasteiger partial charge in [0.05, 0.1) is 22.9 Å². The van der Waals surface area contributed by atoms with Crippen molar-refractivity contribution in [2.45, 2.75) is 26.2 Å². The van der Waals surface area contributed by atoms with E-state index in [0.29, 0.717) is 22.2 Å². The Balaban J connectivity index is 2.42. The van der Waals surface area contributed by atoms with Crippen LogP contribution < -0.4 is 16.5 Å². The summed E-state index contributed by atoms with van der Waals surface area (Å²) in [5, 5.41) is 12.0. The second kappa shape index (κ2) is 6.64. The lowest BCUT2D eigenvalue weighted by atomic mass is 10.2. The van der Waals surface area contributed by atoms with Crippen LogP contribution >= 0.6 is 11.6 Å². The third-order valence-electron chi connectivity index (χ3n) is 3.12. The van der Waals surface area contributed by atoms with Gasteiger partial charge < -0.3 is 11.1 Å². The molecule has 2 heterocycles. The van der Waals surface area contributed by atoms with Crippen LogP contribution in [0.5, 0.6) is 0 Å². The third kappa shape index (κ3) is 3.37.